The zero-order valence-corrected chi connectivity index (χ0v) is 19.8. The van der Waals surface area contributed by atoms with E-state index in [0.29, 0.717) is 18.3 Å². The Morgan fingerprint density at radius 1 is 1.15 bits per heavy atom. The lowest BCUT2D eigenvalue weighted by Crippen LogP contribution is -2.31. The Hall–Kier alpha value is -2.94. The van der Waals surface area contributed by atoms with Gasteiger partial charge in [0.25, 0.3) is 5.91 Å². The number of aliphatic hydroxyl groups is 1. The van der Waals surface area contributed by atoms with Crippen molar-refractivity contribution in [2.45, 2.75) is 44.0 Å². The highest BCUT2D eigenvalue weighted by Gasteiger charge is 2.30. The third kappa shape index (κ3) is 4.06. The fraction of sp³-hybridized carbons (Fsp3) is 0.385. The first kappa shape index (κ1) is 21.6. The maximum Gasteiger partial charge on any atom is 0.261 e. The van der Waals surface area contributed by atoms with E-state index >= 15 is 0 Å². The first-order chi connectivity index (χ1) is 16.6. The summed E-state index contributed by atoms with van der Waals surface area (Å²) in [7, 11) is 0. The Morgan fingerprint density at radius 3 is 2.79 bits per heavy atom. The number of nitrogens with one attached hydrogen (secondary N) is 1. The van der Waals surface area contributed by atoms with Crippen molar-refractivity contribution >= 4 is 28.7 Å². The Bertz CT molecular complexity index is 1220. The van der Waals surface area contributed by atoms with E-state index in [4.69, 9.17) is 10.7 Å². The lowest BCUT2D eigenvalue weighted by atomic mass is 10.1. The third-order valence-corrected chi connectivity index (χ3v) is 8.10. The number of benzene rings is 1. The van der Waals surface area contributed by atoms with Crippen molar-refractivity contribution in [3.05, 3.63) is 64.7 Å². The van der Waals surface area contributed by atoms with Crippen LogP contribution >= 0.6 is 11.3 Å². The molecule has 8 heteroatoms. The van der Waals surface area contributed by atoms with Crippen LogP contribution in [0, 0.1) is 0 Å². The number of carbonyl (C=O) groups excluding carboxylic acids is 1. The van der Waals surface area contributed by atoms with Gasteiger partial charge in [-0.3, -0.25) is 4.79 Å². The van der Waals surface area contributed by atoms with Crippen molar-refractivity contribution in [3.63, 3.8) is 0 Å². The molecule has 0 radical (unpaired) electrons. The summed E-state index contributed by atoms with van der Waals surface area (Å²) in [5.41, 5.74) is 9.87. The highest BCUT2D eigenvalue weighted by atomic mass is 32.1. The van der Waals surface area contributed by atoms with E-state index in [1.165, 1.54) is 0 Å². The van der Waals surface area contributed by atoms with Crippen LogP contribution in [0.2, 0.25) is 0 Å². The predicted octanol–water partition coefficient (Wildman–Crippen LogP) is 3.29. The number of aromatic nitrogens is 1. The lowest BCUT2D eigenvalue weighted by molar-refractivity contribution is 0.0955. The van der Waals surface area contributed by atoms with E-state index in [1.54, 1.807) is 11.3 Å². The van der Waals surface area contributed by atoms with Gasteiger partial charge in [-0.05, 0) is 55.5 Å². The van der Waals surface area contributed by atoms with Crippen LogP contribution in [-0.4, -0.2) is 47.7 Å². The SMILES string of the molecule is N[C@@H]1CCN(c2cccc(C(O)N3CCc4cc(C(=O)NC5CC5)sc4-c4ccccc43)n2)C1. The molecule has 176 valence electrons. The number of thiophene rings is 1. The summed E-state index contributed by atoms with van der Waals surface area (Å²) >= 11 is 1.54. The molecular formula is C26H29N5O2S. The minimum Gasteiger partial charge on any atom is -0.368 e. The van der Waals surface area contributed by atoms with E-state index in [-0.39, 0.29) is 11.9 Å². The molecule has 1 saturated carbocycles. The molecule has 4 N–H and O–H groups in total. The van der Waals surface area contributed by atoms with Crippen LogP contribution in [0.3, 0.4) is 0 Å². The summed E-state index contributed by atoms with van der Waals surface area (Å²) < 4.78 is 0. The van der Waals surface area contributed by atoms with Gasteiger partial charge in [-0.15, -0.1) is 11.3 Å². The van der Waals surface area contributed by atoms with Crippen LogP contribution in [0.25, 0.3) is 10.4 Å². The van der Waals surface area contributed by atoms with Gasteiger partial charge in [0.05, 0.1) is 10.6 Å². The largest absolute Gasteiger partial charge is 0.368 e. The molecule has 0 bridgehead atoms. The van der Waals surface area contributed by atoms with Gasteiger partial charge in [-0.25, -0.2) is 4.98 Å². The molecule has 1 aromatic carbocycles. The molecule has 1 amide bonds. The predicted molar refractivity (Wildman–Crippen MR) is 135 cm³/mol. The lowest BCUT2D eigenvalue weighted by Gasteiger charge is -2.30. The molecule has 2 aliphatic heterocycles. The summed E-state index contributed by atoms with van der Waals surface area (Å²) in [6, 6.07) is 16.5. The first-order valence-electron chi connectivity index (χ1n) is 12.0. The highest BCUT2D eigenvalue weighted by molar-refractivity contribution is 7.17. The summed E-state index contributed by atoms with van der Waals surface area (Å²) in [6.07, 6.45) is 2.98. The van der Waals surface area contributed by atoms with E-state index < -0.39 is 6.23 Å². The molecule has 4 heterocycles. The second-order valence-electron chi connectivity index (χ2n) is 9.46. The molecule has 3 aliphatic rings. The number of carbonyl (C=O) groups is 1. The number of hydrogen-bond donors (Lipinski definition) is 3. The smallest absolute Gasteiger partial charge is 0.261 e. The average Bonchev–Trinajstić information content (AvgIpc) is 3.44. The molecule has 6 rings (SSSR count). The van der Waals surface area contributed by atoms with Crippen molar-refractivity contribution in [3.8, 4) is 10.4 Å². The van der Waals surface area contributed by atoms with Gasteiger partial charge in [0, 0.05) is 47.8 Å². The normalized spacial score (nSPS) is 20.5. The average molecular weight is 476 g/mol. The van der Waals surface area contributed by atoms with Gasteiger partial charge in [-0.1, -0.05) is 24.3 Å². The van der Waals surface area contributed by atoms with E-state index in [0.717, 1.165) is 71.2 Å². The molecule has 2 atom stereocenters. The monoisotopic (exact) mass is 475 g/mol. The van der Waals surface area contributed by atoms with Crippen LogP contribution in [0.15, 0.2) is 48.5 Å². The number of para-hydroxylation sites is 1. The third-order valence-electron chi connectivity index (χ3n) is 6.89. The minimum atomic E-state index is -0.871. The molecule has 7 nitrogen and oxygen atoms in total. The van der Waals surface area contributed by atoms with Crippen molar-refractivity contribution in [2.24, 2.45) is 5.73 Å². The van der Waals surface area contributed by atoms with Crippen LogP contribution in [0.4, 0.5) is 11.5 Å². The van der Waals surface area contributed by atoms with Crippen molar-refractivity contribution in [1.29, 1.82) is 0 Å². The number of nitrogens with two attached hydrogens (primary N) is 1. The number of amides is 1. The zero-order chi connectivity index (χ0) is 23.2. The van der Waals surface area contributed by atoms with E-state index in [9.17, 15) is 9.90 Å². The molecule has 34 heavy (non-hydrogen) atoms. The maximum absolute atomic E-state index is 12.7. The minimum absolute atomic E-state index is 0.0255. The van der Waals surface area contributed by atoms with Gasteiger partial charge in [0.2, 0.25) is 0 Å². The molecule has 1 aliphatic carbocycles. The summed E-state index contributed by atoms with van der Waals surface area (Å²) in [5.74, 6) is 0.885. The van der Waals surface area contributed by atoms with Crippen LogP contribution in [0.1, 0.15) is 46.4 Å². The second-order valence-corrected chi connectivity index (χ2v) is 10.5. The van der Waals surface area contributed by atoms with E-state index in [2.05, 4.69) is 16.3 Å². The van der Waals surface area contributed by atoms with Gasteiger partial charge in [0.15, 0.2) is 6.23 Å². The molecule has 1 unspecified atom stereocenters. The molecule has 0 spiro atoms. The summed E-state index contributed by atoms with van der Waals surface area (Å²) in [4.78, 5) is 23.5. The molecule has 3 aromatic rings. The Kier molecular flexibility index (Phi) is 5.51. The topological polar surface area (TPSA) is 94.7 Å². The Morgan fingerprint density at radius 2 is 2.00 bits per heavy atom. The number of anilines is 2. The van der Waals surface area contributed by atoms with Gasteiger partial charge >= 0.3 is 0 Å². The molecule has 2 aromatic heterocycles. The summed E-state index contributed by atoms with van der Waals surface area (Å²) in [5, 5.41) is 14.6. The van der Waals surface area contributed by atoms with Crippen LogP contribution in [-0.2, 0) is 6.42 Å². The standard InChI is InChI=1S/C26H29N5O2S/c27-17-11-12-30(15-17)23-7-3-5-20(29-23)26(33)31-13-10-16-14-22(25(32)28-18-8-9-18)34-24(16)19-4-1-2-6-21(19)31/h1-7,14,17-18,26,33H,8-13,15,27H2,(H,28,32)/t17-,26?/m1/s1. The second kappa shape index (κ2) is 8.69. The number of hydrogen-bond acceptors (Lipinski definition) is 7. The molecule has 2 fully saturated rings. The van der Waals surface area contributed by atoms with Crippen molar-refractivity contribution in [2.75, 3.05) is 29.4 Å². The maximum atomic E-state index is 12.7. The first-order valence-corrected chi connectivity index (χ1v) is 12.8. The van der Waals surface area contributed by atoms with Gasteiger partial charge < -0.3 is 26.0 Å². The van der Waals surface area contributed by atoms with Crippen LogP contribution in [0.5, 0.6) is 0 Å². The number of fused-ring (bicyclic) bond motifs is 3. The number of aliphatic hydroxyl groups excluding tert-OH is 1. The van der Waals surface area contributed by atoms with Crippen molar-refractivity contribution in [1.82, 2.24) is 10.3 Å². The number of rotatable bonds is 5. The number of pyridine rings is 1. The quantitative estimate of drug-likeness (QED) is 0.524. The fourth-order valence-corrected chi connectivity index (χ4v) is 6.03. The van der Waals surface area contributed by atoms with E-state index in [1.807, 2.05) is 47.4 Å². The number of nitrogens with zero attached hydrogens (tertiary/aromatic N) is 3. The highest BCUT2D eigenvalue weighted by Crippen LogP contribution is 2.43. The van der Waals surface area contributed by atoms with Crippen LogP contribution < -0.4 is 20.9 Å². The van der Waals surface area contributed by atoms with Gasteiger partial charge in [0.1, 0.15) is 5.82 Å². The Labute approximate surface area is 203 Å². The fourth-order valence-electron chi connectivity index (χ4n) is 4.88. The zero-order valence-electron chi connectivity index (χ0n) is 19.0. The summed E-state index contributed by atoms with van der Waals surface area (Å²) in [6.45, 7) is 2.30. The van der Waals surface area contributed by atoms with Gasteiger partial charge in [-0.2, -0.15) is 0 Å². The van der Waals surface area contributed by atoms with Crippen molar-refractivity contribution < 1.29 is 9.90 Å². The molecular weight excluding hydrogens is 446 g/mol. The molecule has 1 saturated heterocycles. The Balaban J connectivity index is 1.30.